The van der Waals surface area contributed by atoms with Crippen LogP contribution in [0.3, 0.4) is 0 Å². The van der Waals surface area contributed by atoms with Crippen LogP contribution in [0.2, 0.25) is 0 Å². The molecule has 0 atom stereocenters. The molecule has 0 amide bonds. The molecule has 5 heterocycles. The number of hydrogen-bond donors (Lipinski definition) is 0. The Balaban J connectivity index is 1.16. The Morgan fingerprint density at radius 3 is 2.05 bits per heavy atom. The third-order valence-electron chi connectivity index (χ3n) is 11.5. The van der Waals surface area contributed by atoms with Crippen LogP contribution in [0.4, 0.5) is 28.4 Å². The van der Waals surface area contributed by atoms with E-state index in [4.69, 9.17) is 13.9 Å². The van der Waals surface area contributed by atoms with Gasteiger partial charge in [-0.25, -0.2) is 0 Å². The van der Waals surface area contributed by atoms with Crippen LogP contribution >= 0.6 is 11.8 Å². The molecule has 9 aromatic rings. The van der Waals surface area contributed by atoms with Crippen molar-refractivity contribution >= 4 is 79.9 Å². The topological polar surface area (TPSA) is 38.1 Å². The van der Waals surface area contributed by atoms with Crippen LogP contribution in [-0.2, 0) is 0 Å². The molecule has 0 saturated carbocycles. The lowest BCUT2D eigenvalue weighted by Gasteiger charge is -2.47. The van der Waals surface area contributed by atoms with E-state index < -0.39 is 0 Å². The third kappa shape index (κ3) is 4.05. The van der Waals surface area contributed by atoms with Gasteiger partial charge in [0.2, 0.25) is 0 Å². The lowest BCUT2D eigenvalue weighted by molar-refractivity contribution is 0.360. The Kier molecular flexibility index (Phi) is 5.85. The summed E-state index contributed by atoms with van der Waals surface area (Å²) in [5.74, 6) is 2.80. The standard InChI is InChI=1S/C48H27BN2O3S/c1-2-11-28(12-3-1)29-21-23-30(24-22-29)51-37-27-42-41(52-39-17-7-8-18-40(39)53-42)26-32(37)33-25-34-31-13-4-6-16-38(31)54-48(34)47-45(33)49(51)35-14-10-20-44-46(35)50(47)36-15-5-9-19-43(36)55-44/h1-27H. The van der Waals surface area contributed by atoms with Crippen molar-refractivity contribution in [2.75, 3.05) is 9.71 Å². The molecule has 256 valence electrons. The van der Waals surface area contributed by atoms with E-state index in [1.165, 1.54) is 37.5 Å². The van der Waals surface area contributed by atoms with E-state index in [0.717, 1.165) is 55.8 Å². The number of nitrogens with zero attached hydrogens (tertiary/aromatic N) is 2. The van der Waals surface area contributed by atoms with Crippen LogP contribution in [0.25, 0.3) is 44.2 Å². The zero-order valence-corrected chi connectivity index (χ0v) is 30.0. The Labute approximate surface area is 321 Å². The summed E-state index contributed by atoms with van der Waals surface area (Å²) in [7, 11) is 0. The van der Waals surface area contributed by atoms with Gasteiger partial charge in [0.25, 0.3) is 0 Å². The van der Waals surface area contributed by atoms with Crippen LogP contribution in [-0.4, -0.2) is 6.85 Å². The summed E-state index contributed by atoms with van der Waals surface area (Å²) in [5, 5.41) is 2.19. The normalized spacial score (nSPS) is 13.9. The second-order valence-electron chi connectivity index (χ2n) is 14.4. The highest BCUT2D eigenvalue weighted by Gasteiger charge is 2.49. The molecule has 0 radical (unpaired) electrons. The molecule has 4 aliphatic heterocycles. The predicted octanol–water partition coefficient (Wildman–Crippen LogP) is 12.3. The van der Waals surface area contributed by atoms with Crippen molar-refractivity contribution in [2.45, 2.75) is 9.79 Å². The summed E-state index contributed by atoms with van der Waals surface area (Å²) in [5.41, 5.74) is 14.4. The van der Waals surface area contributed by atoms with Gasteiger partial charge in [-0.1, -0.05) is 109 Å². The number of fused-ring (bicyclic) bond motifs is 12. The first-order chi connectivity index (χ1) is 27.3. The largest absolute Gasteiger partial charge is 0.454 e. The summed E-state index contributed by atoms with van der Waals surface area (Å²) < 4.78 is 20.2. The molecular weight excluding hydrogens is 695 g/mol. The monoisotopic (exact) mass is 722 g/mol. The minimum absolute atomic E-state index is 0.176. The van der Waals surface area contributed by atoms with Crippen molar-refractivity contribution in [3.05, 3.63) is 164 Å². The molecule has 1 aromatic heterocycles. The third-order valence-corrected chi connectivity index (χ3v) is 12.6. The van der Waals surface area contributed by atoms with Gasteiger partial charge in [-0.3, -0.25) is 0 Å². The molecular formula is C48H27BN2O3S. The molecule has 4 aliphatic rings. The van der Waals surface area contributed by atoms with Crippen LogP contribution in [0, 0.1) is 0 Å². The lowest BCUT2D eigenvalue weighted by Crippen LogP contribution is -2.62. The molecule has 5 nitrogen and oxygen atoms in total. The van der Waals surface area contributed by atoms with E-state index in [1.54, 1.807) is 0 Å². The van der Waals surface area contributed by atoms with Gasteiger partial charge in [0, 0.05) is 43.6 Å². The van der Waals surface area contributed by atoms with Crippen molar-refractivity contribution in [3.63, 3.8) is 0 Å². The Hall–Kier alpha value is -6.83. The fourth-order valence-electron chi connectivity index (χ4n) is 9.13. The van der Waals surface area contributed by atoms with E-state index in [0.29, 0.717) is 23.0 Å². The zero-order chi connectivity index (χ0) is 35.8. The van der Waals surface area contributed by atoms with Crippen LogP contribution in [0.5, 0.6) is 23.0 Å². The van der Waals surface area contributed by atoms with E-state index in [2.05, 4.69) is 149 Å². The molecule has 8 aromatic carbocycles. The Morgan fingerprint density at radius 2 is 1.20 bits per heavy atom. The number of anilines is 5. The SMILES string of the molecule is c1ccc(-c2ccc(N3B4c5cccc6c5N(c5ccccc5S6)c5c4c(cc4c5oc5ccccc54)-c4cc5c(cc43)Oc3ccccc3O5)cc2)cc1. The van der Waals surface area contributed by atoms with E-state index in [1.807, 2.05) is 36.0 Å². The van der Waals surface area contributed by atoms with Crippen molar-refractivity contribution < 1.29 is 13.9 Å². The summed E-state index contributed by atoms with van der Waals surface area (Å²) in [4.78, 5) is 7.43. The predicted molar refractivity (Wildman–Crippen MR) is 224 cm³/mol. The van der Waals surface area contributed by atoms with E-state index >= 15 is 0 Å². The van der Waals surface area contributed by atoms with Crippen molar-refractivity contribution in [2.24, 2.45) is 0 Å². The maximum absolute atomic E-state index is 6.96. The number of rotatable bonds is 2. The average molecular weight is 723 g/mol. The van der Waals surface area contributed by atoms with Gasteiger partial charge in [0.05, 0.1) is 17.1 Å². The maximum Gasteiger partial charge on any atom is 0.333 e. The average Bonchev–Trinajstić information content (AvgIpc) is 3.62. The van der Waals surface area contributed by atoms with Crippen molar-refractivity contribution in [1.82, 2.24) is 0 Å². The van der Waals surface area contributed by atoms with Crippen molar-refractivity contribution in [1.29, 1.82) is 0 Å². The van der Waals surface area contributed by atoms with Crippen LogP contribution in [0.15, 0.2) is 178 Å². The summed E-state index contributed by atoms with van der Waals surface area (Å²) >= 11 is 1.84. The molecule has 0 unspecified atom stereocenters. The highest BCUT2D eigenvalue weighted by atomic mass is 32.2. The summed E-state index contributed by atoms with van der Waals surface area (Å²) in [6, 6.07) is 58.1. The molecule has 0 aliphatic carbocycles. The van der Waals surface area contributed by atoms with Crippen LogP contribution < -0.4 is 30.1 Å². The van der Waals surface area contributed by atoms with E-state index in [9.17, 15) is 0 Å². The number of benzene rings is 8. The fourth-order valence-corrected chi connectivity index (χ4v) is 10.2. The molecule has 13 rings (SSSR count). The molecule has 0 saturated heterocycles. The number of ether oxygens (including phenoxy) is 2. The second-order valence-corrected chi connectivity index (χ2v) is 15.5. The second kappa shape index (κ2) is 10.9. The first-order valence-corrected chi connectivity index (χ1v) is 19.3. The van der Waals surface area contributed by atoms with Gasteiger partial charge in [-0.05, 0) is 88.3 Å². The minimum Gasteiger partial charge on any atom is -0.454 e. The quantitative estimate of drug-likeness (QED) is 0.165. The Morgan fingerprint density at radius 1 is 0.491 bits per heavy atom. The van der Waals surface area contributed by atoms with E-state index in [-0.39, 0.29) is 6.85 Å². The lowest BCUT2D eigenvalue weighted by atomic mass is 9.43. The van der Waals surface area contributed by atoms with Crippen LogP contribution in [0.1, 0.15) is 0 Å². The first kappa shape index (κ1) is 29.6. The molecule has 0 spiro atoms. The van der Waals surface area contributed by atoms with Gasteiger partial charge < -0.3 is 23.6 Å². The Bertz CT molecular complexity index is 3110. The minimum atomic E-state index is -0.176. The number of hydrogen-bond acceptors (Lipinski definition) is 6. The maximum atomic E-state index is 6.96. The molecule has 7 heteroatoms. The number of furan rings is 1. The van der Waals surface area contributed by atoms with Crippen molar-refractivity contribution in [3.8, 4) is 45.3 Å². The van der Waals surface area contributed by atoms with Gasteiger partial charge in [-0.2, -0.15) is 0 Å². The van der Waals surface area contributed by atoms with Gasteiger partial charge >= 0.3 is 6.85 Å². The highest BCUT2D eigenvalue weighted by molar-refractivity contribution is 7.99. The van der Waals surface area contributed by atoms with Gasteiger partial charge in [0.15, 0.2) is 28.6 Å². The van der Waals surface area contributed by atoms with Gasteiger partial charge in [-0.15, -0.1) is 0 Å². The highest BCUT2D eigenvalue weighted by Crippen LogP contribution is 2.58. The molecule has 0 fully saturated rings. The van der Waals surface area contributed by atoms with Gasteiger partial charge in [0.1, 0.15) is 5.58 Å². The first-order valence-electron chi connectivity index (χ1n) is 18.5. The molecule has 0 N–H and O–H groups in total. The summed E-state index contributed by atoms with van der Waals surface area (Å²) in [6.07, 6.45) is 0. The zero-order valence-electron chi connectivity index (χ0n) is 29.2. The fraction of sp³-hybridized carbons (Fsp3) is 0. The number of para-hydroxylation sites is 5. The smallest absolute Gasteiger partial charge is 0.333 e. The summed E-state index contributed by atoms with van der Waals surface area (Å²) in [6.45, 7) is -0.176. The molecule has 55 heavy (non-hydrogen) atoms. The molecule has 0 bridgehead atoms.